The summed E-state index contributed by atoms with van der Waals surface area (Å²) in [4.78, 5) is 12.4. The molecule has 4 aliphatic rings. The Morgan fingerprint density at radius 2 is 1.27 bits per heavy atom. The van der Waals surface area contributed by atoms with Crippen LogP contribution in [0.2, 0.25) is 0 Å². The van der Waals surface area contributed by atoms with Crippen LogP contribution in [0.5, 0.6) is 0 Å². The molecule has 3 nitrogen and oxygen atoms in total. The second kappa shape index (κ2) is 8.09. The van der Waals surface area contributed by atoms with Crippen LogP contribution in [0.25, 0.3) is 0 Å². The highest BCUT2D eigenvalue weighted by Crippen LogP contribution is 2.57. The van der Waals surface area contributed by atoms with Gasteiger partial charge in [-0.3, -0.25) is 0 Å². The van der Waals surface area contributed by atoms with E-state index in [1.165, 1.54) is 83.5 Å². The third kappa shape index (κ3) is 3.86. The second-order valence-corrected chi connectivity index (χ2v) is 10.1. The fourth-order valence-corrected chi connectivity index (χ4v) is 6.47. The lowest BCUT2D eigenvalue weighted by Crippen LogP contribution is -2.54. The normalized spacial score (nSPS) is 44.5. The van der Waals surface area contributed by atoms with Gasteiger partial charge in [-0.2, -0.15) is 9.78 Å². The molecule has 1 aliphatic heterocycles. The van der Waals surface area contributed by atoms with Crippen molar-refractivity contribution in [3.05, 3.63) is 0 Å². The van der Waals surface area contributed by atoms with Gasteiger partial charge in [-0.1, -0.05) is 58.8 Å². The van der Waals surface area contributed by atoms with Crippen LogP contribution in [-0.2, 0) is 14.5 Å². The lowest BCUT2D eigenvalue weighted by Gasteiger charge is -2.50. The van der Waals surface area contributed by atoms with Crippen molar-refractivity contribution in [3.8, 4) is 0 Å². The summed E-state index contributed by atoms with van der Waals surface area (Å²) in [6.45, 7) is 4.75. The zero-order chi connectivity index (χ0) is 18.0. The molecule has 4 fully saturated rings. The van der Waals surface area contributed by atoms with Crippen molar-refractivity contribution in [2.75, 3.05) is 0 Å². The molecule has 1 saturated heterocycles. The minimum absolute atomic E-state index is 0.444. The highest BCUT2D eigenvalue weighted by Gasteiger charge is 2.62. The molecule has 0 radical (unpaired) electrons. The van der Waals surface area contributed by atoms with Crippen LogP contribution in [0.4, 0.5) is 0 Å². The Bertz CT molecular complexity index is 448. The van der Waals surface area contributed by atoms with Crippen molar-refractivity contribution in [2.24, 2.45) is 23.7 Å². The maximum absolute atomic E-state index is 6.92. The minimum Gasteiger partial charge on any atom is -0.312 e. The summed E-state index contributed by atoms with van der Waals surface area (Å²) in [5.74, 6) is 1.68. The molecule has 2 bridgehead atoms. The van der Waals surface area contributed by atoms with Crippen LogP contribution in [0.15, 0.2) is 0 Å². The van der Waals surface area contributed by atoms with Gasteiger partial charge in [0, 0.05) is 24.7 Å². The molecule has 2 spiro atoms. The van der Waals surface area contributed by atoms with E-state index in [0.717, 1.165) is 24.7 Å². The lowest BCUT2D eigenvalue weighted by molar-refractivity contribution is -0.379. The summed E-state index contributed by atoms with van der Waals surface area (Å²) in [5, 5.41) is 0. The predicted octanol–water partition coefficient (Wildman–Crippen LogP) is 6.75. The Morgan fingerprint density at radius 3 is 1.92 bits per heavy atom. The molecule has 1 heterocycles. The summed E-state index contributed by atoms with van der Waals surface area (Å²) in [6, 6.07) is 0. The summed E-state index contributed by atoms with van der Waals surface area (Å²) in [6.07, 6.45) is 19.1. The van der Waals surface area contributed by atoms with Crippen LogP contribution < -0.4 is 0 Å². The molecular formula is C23H40O3. The molecule has 5 unspecified atom stereocenters. The van der Waals surface area contributed by atoms with Gasteiger partial charge in [0.2, 0.25) is 11.6 Å². The molecule has 5 atom stereocenters. The van der Waals surface area contributed by atoms with Crippen LogP contribution in [0, 0.1) is 23.7 Å². The lowest BCUT2D eigenvalue weighted by atomic mass is 9.62. The van der Waals surface area contributed by atoms with Gasteiger partial charge in [0.25, 0.3) is 0 Å². The smallest absolute Gasteiger partial charge is 0.210 e. The Hall–Kier alpha value is -0.120. The number of hydrogen-bond acceptors (Lipinski definition) is 3. The van der Waals surface area contributed by atoms with Crippen molar-refractivity contribution >= 4 is 0 Å². The monoisotopic (exact) mass is 364 g/mol. The molecule has 3 saturated carbocycles. The van der Waals surface area contributed by atoms with Gasteiger partial charge >= 0.3 is 0 Å². The van der Waals surface area contributed by atoms with Crippen molar-refractivity contribution in [3.63, 3.8) is 0 Å². The van der Waals surface area contributed by atoms with Gasteiger partial charge in [-0.15, -0.1) is 0 Å². The van der Waals surface area contributed by atoms with E-state index in [-0.39, 0.29) is 0 Å². The summed E-state index contributed by atoms with van der Waals surface area (Å²) in [7, 11) is 0. The maximum Gasteiger partial charge on any atom is 0.210 e. The Kier molecular flexibility index (Phi) is 5.98. The molecule has 0 N–H and O–H groups in total. The molecule has 4 rings (SSSR count). The van der Waals surface area contributed by atoms with E-state index >= 15 is 0 Å². The van der Waals surface area contributed by atoms with Gasteiger partial charge in [0.1, 0.15) is 0 Å². The van der Waals surface area contributed by atoms with Gasteiger partial charge in [-0.05, 0) is 50.4 Å². The molecule has 150 valence electrons. The van der Waals surface area contributed by atoms with Crippen LogP contribution in [0.3, 0.4) is 0 Å². The standard InChI is InChI=1S/C23H40O3/c1-18-14-20-16-19(2)23(21(15-18)17-20)24-22(25-26-23)12-10-8-6-4-3-5-7-9-11-13-22/h18-21H,3-17H2,1-2H3. The summed E-state index contributed by atoms with van der Waals surface area (Å²) >= 11 is 0. The van der Waals surface area contributed by atoms with Crippen LogP contribution >= 0.6 is 0 Å². The zero-order valence-corrected chi connectivity index (χ0v) is 17.1. The van der Waals surface area contributed by atoms with E-state index in [1.807, 2.05) is 0 Å². The highest BCUT2D eigenvalue weighted by molar-refractivity contribution is 4.98. The van der Waals surface area contributed by atoms with E-state index in [4.69, 9.17) is 14.5 Å². The van der Waals surface area contributed by atoms with E-state index in [9.17, 15) is 0 Å². The van der Waals surface area contributed by atoms with Crippen molar-refractivity contribution in [2.45, 2.75) is 122 Å². The fourth-order valence-electron chi connectivity index (χ4n) is 6.47. The average molecular weight is 365 g/mol. The van der Waals surface area contributed by atoms with Gasteiger partial charge in [-0.25, -0.2) is 0 Å². The molecule has 0 aromatic carbocycles. The van der Waals surface area contributed by atoms with Crippen molar-refractivity contribution in [1.29, 1.82) is 0 Å². The third-order valence-electron chi connectivity index (χ3n) is 7.77. The Balaban J connectivity index is 1.48. The minimum atomic E-state index is -0.471. The van der Waals surface area contributed by atoms with Gasteiger partial charge < -0.3 is 4.74 Å². The van der Waals surface area contributed by atoms with Crippen molar-refractivity contribution in [1.82, 2.24) is 0 Å². The first-order chi connectivity index (χ1) is 12.6. The first-order valence-corrected chi connectivity index (χ1v) is 11.7. The summed E-state index contributed by atoms with van der Waals surface area (Å²) < 4.78 is 6.92. The Morgan fingerprint density at radius 1 is 0.654 bits per heavy atom. The van der Waals surface area contributed by atoms with E-state index in [1.54, 1.807) is 0 Å². The highest BCUT2D eigenvalue weighted by atomic mass is 17.3. The molecule has 0 aromatic rings. The summed E-state index contributed by atoms with van der Waals surface area (Å²) in [5.41, 5.74) is 0. The van der Waals surface area contributed by atoms with Gasteiger partial charge in [0.05, 0.1) is 0 Å². The molecule has 26 heavy (non-hydrogen) atoms. The number of ether oxygens (including phenoxy) is 1. The van der Waals surface area contributed by atoms with Crippen LogP contribution in [0.1, 0.15) is 110 Å². The first-order valence-electron chi connectivity index (χ1n) is 11.7. The third-order valence-corrected chi connectivity index (χ3v) is 7.77. The topological polar surface area (TPSA) is 27.7 Å². The van der Waals surface area contributed by atoms with Gasteiger partial charge in [0.15, 0.2) is 0 Å². The fraction of sp³-hybridized carbons (Fsp3) is 1.00. The number of hydrogen-bond donors (Lipinski definition) is 0. The van der Waals surface area contributed by atoms with E-state index in [2.05, 4.69) is 13.8 Å². The average Bonchev–Trinajstić information content (AvgIpc) is 2.98. The maximum atomic E-state index is 6.92. The molecule has 0 amide bonds. The SMILES string of the molecule is CC1CC2CC(C)C3(OOC4(CCCCCCCCCCC4)O3)C(C1)C2. The predicted molar refractivity (Wildman–Crippen MR) is 103 cm³/mol. The quantitative estimate of drug-likeness (QED) is 0.445. The molecule has 3 aliphatic carbocycles. The van der Waals surface area contributed by atoms with Crippen molar-refractivity contribution < 1.29 is 14.5 Å². The number of rotatable bonds is 0. The molecule has 0 aromatic heterocycles. The molecular weight excluding hydrogens is 324 g/mol. The zero-order valence-electron chi connectivity index (χ0n) is 17.1. The second-order valence-electron chi connectivity index (χ2n) is 10.1. The van der Waals surface area contributed by atoms with E-state index < -0.39 is 11.6 Å². The number of fused-ring (bicyclic) bond motifs is 3. The molecule has 3 heteroatoms. The first kappa shape index (κ1) is 19.2. The van der Waals surface area contributed by atoms with Crippen LogP contribution in [-0.4, -0.2) is 11.6 Å². The Labute approximate surface area is 160 Å². The largest absolute Gasteiger partial charge is 0.312 e. The van der Waals surface area contributed by atoms with E-state index in [0.29, 0.717) is 11.8 Å².